The molecule has 0 radical (unpaired) electrons. The zero-order valence-corrected chi connectivity index (χ0v) is 17.2. The maximum absolute atomic E-state index is 12.9. The topological polar surface area (TPSA) is 165 Å². The summed E-state index contributed by atoms with van der Waals surface area (Å²) < 4.78 is 16.0. The van der Waals surface area contributed by atoms with Gasteiger partial charge in [0, 0.05) is 29.8 Å². The van der Waals surface area contributed by atoms with Gasteiger partial charge in [0.25, 0.3) is 11.4 Å². The van der Waals surface area contributed by atoms with Crippen LogP contribution in [0.5, 0.6) is 0 Å². The van der Waals surface area contributed by atoms with Crippen molar-refractivity contribution in [3.05, 3.63) is 67.3 Å². The number of nitrogens with zero attached hydrogens (tertiary/aromatic N) is 2. The third kappa shape index (κ3) is 3.54. The standard InChI is InChI=1S/C21H16N2O10/c1-2-3-6-31-20(26)14-7-12(23(29)30)9-16-19(14)13-5-4-11(22(27)28)8-15(13)21(16)32-17(24)10-18(25)33-21/h4-5,7-9H,2-3,6,10H2,1H3. The minimum atomic E-state index is -2.31. The second kappa shape index (κ2) is 7.97. The van der Waals surface area contributed by atoms with Gasteiger partial charge in [-0.05, 0) is 18.1 Å². The van der Waals surface area contributed by atoms with Crippen LogP contribution in [0.25, 0.3) is 11.1 Å². The summed E-state index contributed by atoms with van der Waals surface area (Å²) in [6.07, 6.45) is 0.592. The van der Waals surface area contributed by atoms with Gasteiger partial charge in [0.05, 0.1) is 33.1 Å². The zero-order valence-electron chi connectivity index (χ0n) is 17.2. The van der Waals surface area contributed by atoms with E-state index in [-0.39, 0.29) is 34.4 Å². The number of nitro benzene ring substituents is 2. The first-order valence-corrected chi connectivity index (χ1v) is 9.91. The Bertz CT molecular complexity index is 1220. The molecule has 2 aromatic carbocycles. The quantitative estimate of drug-likeness (QED) is 0.207. The summed E-state index contributed by atoms with van der Waals surface area (Å²) in [5, 5.41) is 23.0. The molecule has 0 aromatic heterocycles. The first-order chi connectivity index (χ1) is 15.7. The second-order valence-corrected chi connectivity index (χ2v) is 7.39. The normalized spacial score (nSPS) is 15.3. The number of carbonyl (C=O) groups is 3. The summed E-state index contributed by atoms with van der Waals surface area (Å²) in [6.45, 7) is 1.95. The molecular weight excluding hydrogens is 440 g/mol. The lowest BCUT2D eigenvalue weighted by Gasteiger charge is -2.33. The lowest BCUT2D eigenvalue weighted by Crippen LogP contribution is -2.42. The number of nitro groups is 2. The molecule has 33 heavy (non-hydrogen) atoms. The number of benzene rings is 2. The average Bonchev–Trinajstić information content (AvgIpc) is 3.01. The predicted octanol–water partition coefficient (Wildman–Crippen LogP) is 3.13. The molecule has 0 amide bonds. The zero-order chi connectivity index (χ0) is 23.9. The van der Waals surface area contributed by atoms with Gasteiger partial charge in [-0.15, -0.1) is 0 Å². The number of non-ortho nitro benzene ring substituents is 2. The molecule has 0 unspecified atom stereocenters. The molecule has 0 bridgehead atoms. The molecule has 12 nitrogen and oxygen atoms in total. The van der Waals surface area contributed by atoms with E-state index in [9.17, 15) is 34.6 Å². The van der Waals surface area contributed by atoms with Crippen molar-refractivity contribution in [1.82, 2.24) is 0 Å². The van der Waals surface area contributed by atoms with Crippen LogP contribution in [-0.4, -0.2) is 34.4 Å². The third-order valence-electron chi connectivity index (χ3n) is 5.28. The number of carbonyl (C=O) groups excluding carboxylic acids is 3. The lowest BCUT2D eigenvalue weighted by atomic mass is 9.97. The van der Waals surface area contributed by atoms with Gasteiger partial charge in [0.2, 0.25) is 0 Å². The number of unbranched alkanes of at least 4 members (excludes halogenated alkanes) is 1. The molecule has 1 saturated heterocycles. The van der Waals surface area contributed by atoms with E-state index in [4.69, 9.17) is 14.2 Å². The van der Waals surface area contributed by atoms with Crippen LogP contribution in [0.1, 0.15) is 47.7 Å². The fourth-order valence-corrected chi connectivity index (χ4v) is 3.86. The fraction of sp³-hybridized carbons (Fsp3) is 0.286. The molecule has 1 spiro atoms. The molecule has 1 aliphatic carbocycles. The van der Waals surface area contributed by atoms with Crippen molar-refractivity contribution in [3.63, 3.8) is 0 Å². The predicted molar refractivity (Wildman–Crippen MR) is 108 cm³/mol. The summed E-state index contributed by atoms with van der Waals surface area (Å²) in [7, 11) is 0. The Morgan fingerprint density at radius 3 is 2.27 bits per heavy atom. The highest BCUT2D eigenvalue weighted by Gasteiger charge is 2.55. The molecule has 0 N–H and O–H groups in total. The van der Waals surface area contributed by atoms with Gasteiger partial charge >= 0.3 is 23.7 Å². The highest BCUT2D eigenvalue weighted by Crippen LogP contribution is 2.55. The van der Waals surface area contributed by atoms with Crippen LogP contribution in [0.4, 0.5) is 11.4 Å². The first-order valence-electron chi connectivity index (χ1n) is 9.91. The maximum Gasteiger partial charge on any atom is 0.339 e. The Morgan fingerprint density at radius 2 is 1.67 bits per heavy atom. The SMILES string of the molecule is CCCCOC(=O)c1cc([N+](=O)[O-])cc2c1-c1ccc([N+](=O)[O-])cc1C21OC(=O)CC(=O)O1. The monoisotopic (exact) mass is 456 g/mol. The van der Waals surface area contributed by atoms with Gasteiger partial charge in [0.1, 0.15) is 6.42 Å². The van der Waals surface area contributed by atoms with E-state index in [0.29, 0.717) is 6.42 Å². The minimum Gasteiger partial charge on any atom is -0.462 e. The van der Waals surface area contributed by atoms with E-state index in [1.54, 1.807) is 0 Å². The van der Waals surface area contributed by atoms with Crippen molar-refractivity contribution in [2.45, 2.75) is 32.0 Å². The summed E-state index contributed by atoms with van der Waals surface area (Å²) in [5.74, 6) is -5.17. The molecule has 170 valence electrons. The van der Waals surface area contributed by atoms with Crippen molar-refractivity contribution >= 4 is 29.3 Å². The molecule has 1 aliphatic heterocycles. The largest absolute Gasteiger partial charge is 0.462 e. The Hall–Kier alpha value is -4.35. The molecule has 2 aromatic rings. The van der Waals surface area contributed by atoms with Crippen molar-refractivity contribution in [3.8, 4) is 11.1 Å². The van der Waals surface area contributed by atoms with Crippen molar-refractivity contribution in [2.24, 2.45) is 0 Å². The van der Waals surface area contributed by atoms with Crippen LogP contribution in [0.2, 0.25) is 0 Å². The van der Waals surface area contributed by atoms with E-state index in [0.717, 1.165) is 30.7 Å². The van der Waals surface area contributed by atoms with E-state index < -0.39 is 51.3 Å². The second-order valence-electron chi connectivity index (χ2n) is 7.39. The highest BCUT2D eigenvalue weighted by atomic mass is 16.7. The minimum absolute atomic E-state index is 0.0643. The number of fused-ring (bicyclic) bond motifs is 5. The molecule has 1 fully saturated rings. The lowest BCUT2D eigenvalue weighted by molar-refractivity contribution is -0.385. The number of hydrogen-bond donors (Lipinski definition) is 0. The van der Waals surface area contributed by atoms with Gasteiger partial charge in [-0.3, -0.25) is 29.8 Å². The Kier molecular flexibility index (Phi) is 5.28. The third-order valence-corrected chi connectivity index (χ3v) is 5.28. The van der Waals surface area contributed by atoms with Gasteiger partial charge in [-0.2, -0.15) is 0 Å². The maximum atomic E-state index is 12.9. The summed E-state index contributed by atoms with van der Waals surface area (Å²) >= 11 is 0. The number of hydrogen-bond acceptors (Lipinski definition) is 10. The van der Waals surface area contributed by atoms with Crippen LogP contribution < -0.4 is 0 Å². The average molecular weight is 456 g/mol. The van der Waals surface area contributed by atoms with Crippen molar-refractivity contribution in [2.75, 3.05) is 6.61 Å². The number of rotatable bonds is 6. The first kappa shape index (κ1) is 21.9. The van der Waals surface area contributed by atoms with Crippen LogP contribution in [0.15, 0.2) is 30.3 Å². The highest BCUT2D eigenvalue weighted by molar-refractivity contribution is 6.03. The van der Waals surface area contributed by atoms with Crippen molar-refractivity contribution < 1.29 is 38.4 Å². The number of ether oxygens (including phenoxy) is 3. The van der Waals surface area contributed by atoms with Gasteiger partial charge in [-0.25, -0.2) is 4.79 Å². The van der Waals surface area contributed by atoms with Crippen molar-refractivity contribution in [1.29, 1.82) is 0 Å². The Labute approximate surface area is 185 Å². The molecule has 4 rings (SSSR count). The number of esters is 3. The smallest absolute Gasteiger partial charge is 0.339 e. The Morgan fingerprint density at radius 1 is 1.03 bits per heavy atom. The van der Waals surface area contributed by atoms with E-state index >= 15 is 0 Å². The molecule has 2 aliphatic rings. The fourth-order valence-electron chi connectivity index (χ4n) is 3.86. The molecule has 0 saturated carbocycles. The van der Waals surface area contributed by atoms with Gasteiger partial charge < -0.3 is 14.2 Å². The molecular formula is C21H16N2O10. The molecule has 12 heteroatoms. The van der Waals surface area contributed by atoms with Crippen LogP contribution in [0, 0.1) is 20.2 Å². The summed E-state index contributed by atoms with van der Waals surface area (Å²) in [4.78, 5) is 58.8. The summed E-state index contributed by atoms with van der Waals surface area (Å²) in [5.41, 5.74) is -1.20. The van der Waals surface area contributed by atoms with E-state index in [1.807, 2.05) is 6.92 Å². The Balaban J connectivity index is 2.02. The molecule has 1 heterocycles. The van der Waals surface area contributed by atoms with E-state index in [2.05, 4.69) is 0 Å². The van der Waals surface area contributed by atoms with Crippen LogP contribution in [-0.2, 0) is 29.6 Å². The van der Waals surface area contributed by atoms with Gasteiger partial charge in [-0.1, -0.05) is 13.3 Å². The summed E-state index contributed by atoms with van der Waals surface area (Å²) in [6, 6.07) is 5.51. The van der Waals surface area contributed by atoms with Gasteiger partial charge in [0.15, 0.2) is 0 Å². The molecule has 0 atom stereocenters. The van der Waals surface area contributed by atoms with Crippen LogP contribution in [0.3, 0.4) is 0 Å². The van der Waals surface area contributed by atoms with Crippen LogP contribution >= 0.6 is 0 Å². The van der Waals surface area contributed by atoms with E-state index in [1.165, 1.54) is 6.07 Å².